The Morgan fingerprint density at radius 3 is 2.16 bits per heavy atom. The average Bonchev–Trinajstić information content (AvgIpc) is 2.38. The molecule has 3 nitrogen and oxygen atoms in total. The van der Waals surface area contributed by atoms with Gasteiger partial charge in [-0.1, -0.05) is 0 Å². The van der Waals surface area contributed by atoms with Crippen molar-refractivity contribution in [1.29, 1.82) is 0 Å². The first-order valence-corrected chi connectivity index (χ1v) is 6.81. The lowest BCUT2D eigenvalue weighted by Gasteiger charge is -2.07. The van der Waals surface area contributed by atoms with Gasteiger partial charge in [0.2, 0.25) is 0 Å². The van der Waals surface area contributed by atoms with Crippen LogP contribution in [0.4, 0.5) is 10.1 Å². The molecule has 2 rings (SSSR count). The first-order chi connectivity index (χ1) is 8.97. The highest BCUT2D eigenvalue weighted by molar-refractivity contribution is 9.11. The molecule has 2 aromatic carbocycles. The molecular formula is C13H8Br2FNO2. The molecule has 0 aliphatic carbocycles. The number of halogens is 3. The Balaban J connectivity index is 2.23. The maximum absolute atomic E-state index is 12.7. The normalized spacial score (nSPS) is 10.3. The van der Waals surface area contributed by atoms with Crippen LogP contribution in [-0.2, 0) is 0 Å². The Labute approximate surface area is 125 Å². The van der Waals surface area contributed by atoms with Gasteiger partial charge in [-0.2, -0.15) is 0 Å². The molecule has 0 aliphatic rings. The van der Waals surface area contributed by atoms with Crippen LogP contribution < -0.4 is 5.32 Å². The van der Waals surface area contributed by atoms with Crippen molar-refractivity contribution in [2.75, 3.05) is 5.32 Å². The second-order valence-corrected chi connectivity index (χ2v) is 5.46. The summed E-state index contributed by atoms with van der Waals surface area (Å²) < 4.78 is 13.6. The molecule has 0 heterocycles. The molecule has 0 saturated carbocycles. The van der Waals surface area contributed by atoms with Crippen molar-refractivity contribution in [2.45, 2.75) is 0 Å². The molecule has 2 aromatic rings. The SMILES string of the molecule is O=C(Nc1ccc(F)cc1)c1cc(Br)c(O)c(Br)c1. The Bertz CT molecular complexity index is 606. The zero-order chi connectivity index (χ0) is 14.0. The zero-order valence-electron chi connectivity index (χ0n) is 9.45. The number of carbonyl (C=O) groups is 1. The maximum atomic E-state index is 12.7. The summed E-state index contributed by atoms with van der Waals surface area (Å²) >= 11 is 6.30. The molecule has 0 atom stereocenters. The van der Waals surface area contributed by atoms with Crippen molar-refractivity contribution in [3.63, 3.8) is 0 Å². The smallest absolute Gasteiger partial charge is 0.255 e. The Morgan fingerprint density at radius 1 is 1.11 bits per heavy atom. The highest BCUT2D eigenvalue weighted by atomic mass is 79.9. The van der Waals surface area contributed by atoms with Crippen LogP contribution in [-0.4, -0.2) is 11.0 Å². The highest BCUT2D eigenvalue weighted by Crippen LogP contribution is 2.33. The third-order valence-electron chi connectivity index (χ3n) is 2.38. The maximum Gasteiger partial charge on any atom is 0.255 e. The van der Waals surface area contributed by atoms with E-state index >= 15 is 0 Å². The quantitative estimate of drug-likeness (QED) is 0.805. The fraction of sp³-hybridized carbons (Fsp3) is 0. The molecule has 98 valence electrons. The van der Waals surface area contributed by atoms with Gasteiger partial charge in [0.1, 0.15) is 11.6 Å². The van der Waals surface area contributed by atoms with Gasteiger partial charge in [0.05, 0.1) is 8.95 Å². The second kappa shape index (κ2) is 5.71. The molecule has 0 unspecified atom stereocenters. The van der Waals surface area contributed by atoms with Crippen LogP contribution in [0.2, 0.25) is 0 Å². The molecule has 0 spiro atoms. The third kappa shape index (κ3) is 3.33. The van der Waals surface area contributed by atoms with Crippen LogP contribution in [0.15, 0.2) is 45.3 Å². The largest absolute Gasteiger partial charge is 0.506 e. The number of carbonyl (C=O) groups excluding carboxylic acids is 1. The summed E-state index contributed by atoms with van der Waals surface area (Å²) in [6, 6.07) is 8.46. The fourth-order valence-corrected chi connectivity index (χ4v) is 2.62. The van der Waals surface area contributed by atoms with Gasteiger partial charge in [-0.3, -0.25) is 4.79 Å². The first kappa shape index (κ1) is 14.0. The fourth-order valence-electron chi connectivity index (χ4n) is 1.43. The van der Waals surface area contributed by atoms with E-state index in [0.29, 0.717) is 20.2 Å². The van der Waals surface area contributed by atoms with Crippen LogP contribution in [0.5, 0.6) is 5.75 Å². The van der Waals surface area contributed by atoms with Gasteiger partial charge in [0, 0.05) is 11.3 Å². The van der Waals surface area contributed by atoms with E-state index in [1.165, 1.54) is 36.4 Å². The third-order valence-corrected chi connectivity index (χ3v) is 3.59. The topological polar surface area (TPSA) is 49.3 Å². The summed E-state index contributed by atoms with van der Waals surface area (Å²) in [5, 5.41) is 12.2. The molecule has 0 fully saturated rings. The minimum atomic E-state index is -0.367. The van der Waals surface area contributed by atoms with Crippen LogP contribution in [0, 0.1) is 5.82 Å². The highest BCUT2D eigenvalue weighted by Gasteiger charge is 2.12. The van der Waals surface area contributed by atoms with Crippen LogP contribution in [0.1, 0.15) is 10.4 Å². The van der Waals surface area contributed by atoms with Crippen molar-refractivity contribution >= 4 is 43.5 Å². The van der Waals surface area contributed by atoms with Crippen molar-refractivity contribution in [2.24, 2.45) is 0 Å². The minimum absolute atomic E-state index is 0.0262. The van der Waals surface area contributed by atoms with Gasteiger partial charge in [-0.25, -0.2) is 4.39 Å². The number of aromatic hydroxyl groups is 1. The van der Waals surface area contributed by atoms with Gasteiger partial charge < -0.3 is 10.4 Å². The summed E-state index contributed by atoms with van der Waals surface area (Å²) in [5.41, 5.74) is 0.854. The van der Waals surface area contributed by atoms with Crippen molar-refractivity contribution < 1.29 is 14.3 Å². The van der Waals surface area contributed by atoms with Gasteiger partial charge >= 0.3 is 0 Å². The predicted octanol–water partition coefficient (Wildman–Crippen LogP) is 4.31. The molecular weight excluding hydrogens is 381 g/mol. The monoisotopic (exact) mass is 387 g/mol. The average molecular weight is 389 g/mol. The molecule has 0 bridgehead atoms. The van der Waals surface area contributed by atoms with Crippen molar-refractivity contribution in [1.82, 2.24) is 0 Å². The van der Waals surface area contributed by atoms with Gasteiger partial charge in [-0.15, -0.1) is 0 Å². The zero-order valence-corrected chi connectivity index (χ0v) is 12.6. The van der Waals surface area contributed by atoms with Crippen LogP contribution in [0.3, 0.4) is 0 Å². The van der Waals surface area contributed by atoms with E-state index in [1.807, 2.05) is 0 Å². The lowest BCUT2D eigenvalue weighted by Crippen LogP contribution is -2.11. The number of hydrogen-bond acceptors (Lipinski definition) is 2. The standard InChI is InChI=1S/C13H8Br2FNO2/c14-10-5-7(6-11(15)12(10)18)13(19)17-9-3-1-8(16)2-4-9/h1-6,18H,(H,17,19). The van der Waals surface area contributed by atoms with E-state index in [0.717, 1.165) is 0 Å². The second-order valence-electron chi connectivity index (χ2n) is 3.75. The predicted molar refractivity (Wildman–Crippen MR) is 77.9 cm³/mol. The van der Waals surface area contributed by atoms with E-state index in [-0.39, 0.29) is 17.5 Å². The van der Waals surface area contributed by atoms with E-state index in [2.05, 4.69) is 37.2 Å². The molecule has 0 radical (unpaired) electrons. The summed E-state index contributed by atoms with van der Waals surface area (Å²) in [6.45, 7) is 0. The van der Waals surface area contributed by atoms with Gasteiger partial charge in [-0.05, 0) is 68.3 Å². The van der Waals surface area contributed by atoms with Crippen LogP contribution >= 0.6 is 31.9 Å². The van der Waals surface area contributed by atoms with E-state index in [9.17, 15) is 14.3 Å². The van der Waals surface area contributed by atoms with Crippen molar-refractivity contribution in [3.8, 4) is 5.75 Å². The van der Waals surface area contributed by atoms with E-state index in [1.54, 1.807) is 0 Å². The van der Waals surface area contributed by atoms with Gasteiger partial charge in [0.25, 0.3) is 5.91 Å². The molecule has 6 heteroatoms. The van der Waals surface area contributed by atoms with E-state index < -0.39 is 0 Å². The minimum Gasteiger partial charge on any atom is -0.506 e. The molecule has 1 amide bonds. The number of hydrogen-bond donors (Lipinski definition) is 2. The number of amides is 1. The lowest BCUT2D eigenvalue weighted by molar-refractivity contribution is 0.102. The number of rotatable bonds is 2. The number of benzene rings is 2. The lowest BCUT2D eigenvalue weighted by atomic mass is 10.2. The Hall–Kier alpha value is -1.40. The number of phenolic OH excluding ortho intramolecular Hbond substituents is 1. The molecule has 0 aliphatic heterocycles. The molecule has 19 heavy (non-hydrogen) atoms. The number of anilines is 1. The number of nitrogens with one attached hydrogen (secondary N) is 1. The number of phenols is 1. The first-order valence-electron chi connectivity index (χ1n) is 5.22. The molecule has 2 N–H and O–H groups in total. The van der Waals surface area contributed by atoms with E-state index in [4.69, 9.17) is 0 Å². The van der Waals surface area contributed by atoms with Gasteiger partial charge in [0.15, 0.2) is 0 Å². The molecule has 0 saturated heterocycles. The summed E-state index contributed by atoms with van der Waals surface area (Å²) in [5.74, 6) is -0.695. The summed E-state index contributed by atoms with van der Waals surface area (Å²) in [4.78, 5) is 12.0. The van der Waals surface area contributed by atoms with Crippen LogP contribution in [0.25, 0.3) is 0 Å². The summed E-state index contributed by atoms with van der Waals surface area (Å²) in [7, 11) is 0. The Morgan fingerprint density at radius 2 is 1.63 bits per heavy atom. The summed E-state index contributed by atoms with van der Waals surface area (Å²) in [6.07, 6.45) is 0. The molecule has 0 aromatic heterocycles. The Kier molecular flexibility index (Phi) is 4.21. The van der Waals surface area contributed by atoms with Crippen molar-refractivity contribution in [3.05, 3.63) is 56.7 Å².